The minimum Gasteiger partial charge on any atom is -0.484 e. The van der Waals surface area contributed by atoms with Gasteiger partial charge in [0, 0.05) is 6.54 Å². The molecule has 25 heavy (non-hydrogen) atoms. The molecule has 0 fully saturated rings. The Morgan fingerprint density at radius 1 is 1.04 bits per heavy atom. The van der Waals surface area contributed by atoms with Crippen molar-refractivity contribution in [2.24, 2.45) is 0 Å². The van der Waals surface area contributed by atoms with Crippen LogP contribution in [0.15, 0.2) is 48.5 Å². The molecule has 2 aromatic carbocycles. The fourth-order valence-electron chi connectivity index (χ4n) is 2.53. The summed E-state index contributed by atoms with van der Waals surface area (Å²) < 4.78 is 6.15. The van der Waals surface area contributed by atoms with Gasteiger partial charge in [0.25, 0.3) is 0 Å². The van der Waals surface area contributed by atoms with Gasteiger partial charge in [-0.05, 0) is 43.1 Å². The number of carboxylic acids is 2. The molecule has 132 valence electrons. The van der Waals surface area contributed by atoms with Gasteiger partial charge in [0.15, 0.2) is 0 Å². The van der Waals surface area contributed by atoms with Crippen LogP contribution in [0.25, 0.3) is 0 Å². The van der Waals surface area contributed by atoms with Gasteiger partial charge in [-0.25, -0.2) is 9.59 Å². The molecule has 6 heteroatoms. The molecule has 1 atom stereocenters. The van der Waals surface area contributed by atoms with Crippen molar-refractivity contribution in [1.82, 2.24) is 5.32 Å². The van der Waals surface area contributed by atoms with Crippen LogP contribution in [0.3, 0.4) is 0 Å². The van der Waals surface area contributed by atoms with Crippen LogP contribution in [-0.2, 0) is 16.0 Å². The van der Waals surface area contributed by atoms with Crippen LogP contribution in [0.1, 0.15) is 22.8 Å². The average Bonchev–Trinajstić information content (AvgIpc) is 2.80. The molecule has 1 aliphatic rings. The van der Waals surface area contributed by atoms with E-state index in [0.29, 0.717) is 0 Å². The van der Waals surface area contributed by atoms with E-state index in [1.807, 2.05) is 12.1 Å². The van der Waals surface area contributed by atoms with E-state index in [4.69, 9.17) is 24.5 Å². The lowest BCUT2D eigenvalue weighted by atomic mass is 10.0. The zero-order valence-corrected chi connectivity index (χ0v) is 13.9. The molecular weight excluding hydrogens is 322 g/mol. The summed E-state index contributed by atoms with van der Waals surface area (Å²) in [4.78, 5) is 18.2. The highest BCUT2D eigenvalue weighted by molar-refractivity contribution is 6.27. The molecule has 3 rings (SSSR count). The first-order valence-electron chi connectivity index (χ1n) is 7.95. The smallest absolute Gasteiger partial charge is 0.414 e. The Kier molecular flexibility index (Phi) is 6.54. The molecule has 0 amide bonds. The zero-order valence-electron chi connectivity index (χ0n) is 13.9. The van der Waals surface area contributed by atoms with Gasteiger partial charge < -0.3 is 20.3 Å². The maximum Gasteiger partial charge on any atom is 0.414 e. The second-order valence-corrected chi connectivity index (χ2v) is 5.68. The Labute approximate surface area is 146 Å². The number of carbonyl (C=O) groups is 2. The number of hydrogen-bond donors (Lipinski definition) is 3. The minimum absolute atomic E-state index is 0.0985. The quantitative estimate of drug-likeness (QED) is 0.725. The first kappa shape index (κ1) is 18.5. The Morgan fingerprint density at radius 3 is 2.32 bits per heavy atom. The van der Waals surface area contributed by atoms with E-state index >= 15 is 0 Å². The van der Waals surface area contributed by atoms with Crippen molar-refractivity contribution >= 4 is 11.9 Å². The number of rotatable bonds is 2. The van der Waals surface area contributed by atoms with Crippen LogP contribution in [0.4, 0.5) is 0 Å². The lowest BCUT2D eigenvalue weighted by Gasteiger charge is -2.19. The Balaban J connectivity index is 0.000000326. The largest absolute Gasteiger partial charge is 0.484 e. The number of hydrogen-bond acceptors (Lipinski definition) is 4. The highest BCUT2D eigenvalue weighted by Gasteiger charge is 2.19. The minimum atomic E-state index is -1.82. The fraction of sp³-hybridized carbons (Fsp3) is 0.263. The highest BCUT2D eigenvalue weighted by atomic mass is 16.5. The van der Waals surface area contributed by atoms with Gasteiger partial charge in [0.1, 0.15) is 11.9 Å². The van der Waals surface area contributed by atoms with E-state index in [1.165, 1.54) is 16.7 Å². The summed E-state index contributed by atoms with van der Waals surface area (Å²) in [5, 5.41) is 18.2. The summed E-state index contributed by atoms with van der Waals surface area (Å²) in [5.41, 5.74) is 3.96. The standard InChI is InChI=1S/C17H19NO.C2H2O4/c1-13-6-8-15(9-7-13)19-17-12-18-11-10-14-4-2-3-5-16(14)17;3-1(4)2(5)6/h2-9,17-18H,10-12H2,1H3;(H,3,4)(H,5,6). The van der Waals surface area contributed by atoms with Crippen molar-refractivity contribution < 1.29 is 24.5 Å². The van der Waals surface area contributed by atoms with Gasteiger partial charge in [-0.15, -0.1) is 0 Å². The van der Waals surface area contributed by atoms with Gasteiger partial charge >= 0.3 is 11.9 Å². The van der Waals surface area contributed by atoms with Gasteiger partial charge in [-0.2, -0.15) is 0 Å². The second kappa shape index (κ2) is 8.84. The molecule has 1 heterocycles. The zero-order chi connectivity index (χ0) is 18.2. The third-order valence-corrected chi connectivity index (χ3v) is 3.79. The second-order valence-electron chi connectivity index (χ2n) is 5.68. The monoisotopic (exact) mass is 343 g/mol. The molecule has 3 N–H and O–H groups in total. The van der Waals surface area contributed by atoms with Gasteiger partial charge in [-0.1, -0.05) is 42.0 Å². The number of aryl methyl sites for hydroxylation is 1. The van der Waals surface area contributed by atoms with Gasteiger partial charge in [0.05, 0.1) is 0 Å². The third-order valence-electron chi connectivity index (χ3n) is 3.79. The number of carboxylic acid groups (broad SMARTS) is 2. The fourth-order valence-corrected chi connectivity index (χ4v) is 2.53. The van der Waals surface area contributed by atoms with Crippen LogP contribution in [0.2, 0.25) is 0 Å². The van der Waals surface area contributed by atoms with Crippen molar-refractivity contribution in [3.05, 3.63) is 65.2 Å². The third kappa shape index (κ3) is 5.61. The molecule has 0 bridgehead atoms. The number of nitrogens with one attached hydrogen (secondary N) is 1. The maximum absolute atomic E-state index is 9.10. The number of ether oxygens (including phenoxy) is 1. The number of aliphatic carboxylic acids is 2. The predicted octanol–water partition coefficient (Wildman–Crippen LogP) is 2.42. The van der Waals surface area contributed by atoms with Crippen LogP contribution in [0, 0.1) is 6.92 Å². The number of benzene rings is 2. The van der Waals surface area contributed by atoms with Crippen LogP contribution in [-0.4, -0.2) is 35.2 Å². The van der Waals surface area contributed by atoms with Crippen molar-refractivity contribution in [2.75, 3.05) is 13.1 Å². The Bertz CT molecular complexity index is 715. The Morgan fingerprint density at radius 2 is 1.68 bits per heavy atom. The van der Waals surface area contributed by atoms with E-state index in [0.717, 1.165) is 25.3 Å². The first-order valence-corrected chi connectivity index (χ1v) is 7.95. The molecule has 1 aliphatic heterocycles. The molecule has 0 radical (unpaired) electrons. The van der Waals surface area contributed by atoms with Crippen LogP contribution in [0.5, 0.6) is 5.75 Å². The van der Waals surface area contributed by atoms with Crippen LogP contribution < -0.4 is 10.1 Å². The molecule has 2 aromatic rings. The molecule has 0 aromatic heterocycles. The molecular formula is C19H21NO5. The summed E-state index contributed by atoms with van der Waals surface area (Å²) in [7, 11) is 0. The molecule has 0 spiro atoms. The molecule has 1 unspecified atom stereocenters. The molecule has 0 saturated heterocycles. The summed E-state index contributed by atoms with van der Waals surface area (Å²) in [6.45, 7) is 3.97. The van der Waals surface area contributed by atoms with Crippen LogP contribution >= 0.6 is 0 Å². The van der Waals surface area contributed by atoms with E-state index in [2.05, 4.69) is 48.6 Å². The van der Waals surface area contributed by atoms with Crippen molar-refractivity contribution in [3.63, 3.8) is 0 Å². The average molecular weight is 343 g/mol. The van der Waals surface area contributed by atoms with E-state index in [9.17, 15) is 0 Å². The Hall–Kier alpha value is -2.86. The molecule has 0 aliphatic carbocycles. The maximum atomic E-state index is 9.10. The SMILES string of the molecule is Cc1ccc(OC2CNCCc3ccccc32)cc1.O=C(O)C(=O)O. The molecule has 0 saturated carbocycles. The van der Waals surface area contributed by atoms with E-state index in [1.54, 1.807) is 0 Å². The van der Waals surface area contributed by atoms with E-state index < -0.39 is 11.9 Å². The predicted molar refractivity (Wildman–Crippen MR) is 92.8 cm³/mol. The lowest BCUT2D eigenvalue weighted by molar-refractivity contribution is -0.159. The van der Waals surface area contributed by atoms with Crippen molar-refractivity contribution in [3.8, 4) is 5.75 Å². The number of fused-ring (bicyclic) bond motifs is 1. The summed E-state index contributed by atoms with van der Waals surface area (Å²) in [6, 6.07) is 16.8. The van der Waals surface area contributed by atoms with Gasteiger partial charge in [0.2, 0.25) is 0 Å². The summed E-state index contributed by atoms with van der Waals surface area (Å²) in [5.74, 6) is -2.71. The topological polar surface area (TPSA) is 95.9 Å². The summed E-state index contributed by atoms with van der Waals surface area (Å²) in [6.07, 6.45) is 1.17. The lowest BCUT2D eigenvalue weighted by Crippen LogP contribution is -2.23. The highest BCUT2D eigenvalue weighted by Crippen LogP contribution is 2.26. The summed E-state index contributed by atoms with van der Waals surface area (Å²) >= 11 is 0. The molecule has 6 nitrogen and oxygen atoms in total. The first-order chi connectivity index (χ1) is 12.0. The van der Waals surface area contributed by atoms with Crippen molar-refractivity contribution in [1.29, 1.82) is 0 Å². The normalized spacial score (nSPS) is 15.8. The van der Waals surface area contributed by atoms with E-state index in [-0.39, 0.29) is 6.10 Å². The van der Waals surface area contributed by atoms with Gasteiger partial charge in [-0.3, -0.25) is 0 Å². The van der Waals surface area contributed by atoms with Crippen molar-refractivity contribution in [2.45, 2.75) is 19.4 Å².